The number of nitrogens with one attached hydrogen (secondary N) is 1. The number of benzene rings is 1. The highest BCUT2D eigenvalue weighted by molar-refractivity contribution is 5.90. The van der Waals surface area contributed by atoms with E-state index in [1.54, 1.807) is 0 Å². The van der Waals surface area contributed by atoms with Crippen molar-refractivity contribution in [1.82, 2.24) is 15.0 Å². The van der Waals surface area contributed by atoms with Gasteiger partial charge in [0.15, 0.2) is 17.5 Å². The van der Waals surface area contributed by atoms with E-state index in [4.69, 9.17) is 5.11 Å². The first-order chi connectivity index (χ1) is 9.51. The third kappa shape index (κ3) is 2.94. The Morgan fingerprint density at radius 2 is 2.05 bits per heavy atom. The number of carbonyl (C=O) groups excluding carboxylic acids is 1. The van der Waals surface area contributed by atoms with Gasteiger partial charge in [-0.2, -0.15) is 0 Å². The van der Waals surface area contributed by atoms with Gasteiger partial charge in [-0.05, 0) is 12.1 Å². The van der Waals surface area contributed by atoms with E-state index >= 15 is 0 Å². The van der Waals surface area contributed by atoms with Crippen LogP contribution in [0, 0.1) is 17.5 Å². The molecule has 1 heterocycles. The lowest BCUT2D eigenvalue weighted by Gasteiger charge is -2.07. The topological polar surface area (TPSA) is 80.0 Å². The molecule has 0 fully saturated rings. The van der Waals surface area contributed by atoms with Crippen molar-refractivity contribution in [3.8, 4) is 0 Å². The number of anilines is 1. The maximum absolute atomic E-state index is 13.3. The number of hydrogen-bond donors (Lipinski definition) is 2. The summed E-state index contributed by atoms with van der Waals surface area (Å²) in [5.74, 6) is -5.19. The molecule has 0 radical (unpaired) electrons. The minimum atomic E-state index is -1.66. The fourth-order valence-corrected chi connectivity index (χ4v) is 1.45. The molecule has 1 amide bonds. The molecule has 6 nitrogen and oxygen atoms in total. The monoisotopic (exact) mass is 286 g/mol. The SMILES string of the molecule is O=C(Cn1cc(CO)nn1)Nc1ccc(F)c(F)c1F. The van der Waals surface area contributed by atoms with E-state index in [1.165, 1.54) is 6.20 Å². The van der Waals surface area contributed by atoms with E-state index in [9.17, 15) is 18.0 Å². The molecule has 2 N–H and O–H groups in total. The third-order valence-corrected chi connectivity index (χ3v) is 2.36. The number of halogens is 3. The van der Waals surface area contributed by atoms with Gasteiger partial charge in [-0.3, -0.25) is 4.79 Å². The average Bonchev–Trinajstić information content (AvgIpc) is 2.87. The van der Waals surface area contributed by atoms with E-state index in [0.717, 1.165) is 10.7 Å². The van der Waals surface area contributed by atoms with Crippen LogP contribution in [0.1, 0.15) is 5.69 Å². The number of aliphatic hydroxyl groups is 1. The molecule has 0 bridgehead atoms. The Morgan fingerprint density at radius 1 is 1.30 bits per heavy atom. The van der Waals surface area contributed by atoms with Gasteiger partial charge < -0.3 is 10.4 Å². The number of aliphatic hydroxyl groups excluding tert-OH is 1. The lowest BCUT2D eigenvalue weighted by molar-refractivity contribution is -0.117. The smallest absolute Gasteiger partial charge is 0.246 e. The Balaban J connectivity index is 2.06. The van der Waals surface area contributed by atoms with E-state index in [-0.39, 0.29) is 18.8 Å². The highest BCUT2D eigenvalue weighted by Gasteiger charge is 2.15. The van der Waals surface area contributed by atoms with Crippen LogP contribution in [0.2, 0.25) is 0 Å². The van der Waals surface area contributed by atoms with Crippen LogP contribution in [0.5, 0.6) is 0 Å². The molecule has 0 aliphatic heterocycles. The van der Waals surface area contributed by atoms with Gasteiger partial charge in [-0.1, -0.05) is 5.21 Å². The fraction of sp³-hybridized carbons (Fsp3) is 0.182. The van der Waals surface area contributed by atoms with E-state index in [0.29, 0.717) is 6.07 Å². The molecule has 0 saturated heterocycles. The highest BCUT2D eigenvalue weighted by Crippen LogP contribution is 2.19. The summed E-state index contributed by atoms with van der Waals surface area (Å²) in [7, 11) is 0. The lowest BCUT2D eigenvalue weighted by atomic mass is 10.2. The largest absolute Gasteiger partial charge is 0.390 e. The van der Waals surface area contributed by atoms with Gasteiger partial charge in [0.25, 0.3) is 0 Å². The van der Waals surface area contributed by atoms with Crippen LogP contribution in [-0.2, 0) is 17.9 Å². The average molecular weight is 286 g/mol. The number of aromatic nitrogens is 3. The number of hydrogen-bond acceptors (Lipinski definition) is 4. The zero-order chi connectivity index (χ0) is 14.7. The summed E-state index contributed by atoms with van der Waals surface area (Å²) in [5.41, 5.74) is -0.215. The zero-order valence-corrected chi connectivity index (χ0v) is 9.98. The first-order valence-corrected chi connectivity index (χ1v) is 5.44. The van der Waals surface area contributed by atoms with Gasteiger partial charge in [-0.15, -0.1) is 5.10 Å². The van der Waals surface area contributed by atoms with E-state index in [1.807, 2.05) is 0 Å². The van der Waals surface area contributed by atoms with Crippen LogP contribution in [0.4, 0.5) is 18.9 Å². The Hall–Kier alpha value is -2.42. The van der Waals surface area contributed by atoms with Crippen molar-refractivity contribution in [1.29, 1.82) is 0 Å². The summed E-state index contributed by atoms with van der Waals surface area (Å²) < 4.78 is 40.1. The molecule has 0 aliphatic carbocycles. The molecule has 2 rings (SSSR count). The second-order valence-electron chi connectivity index (χ2n) is 3.84. The molecule has 0 aliphatic rings. The second-order valence-corrected chi connectivity index (χ2v) is 3.84. The van der Waals surface area contributed by atoms with Crippen LogP contribution in [0.3, 0.4) is 0 Å². The van der Waals surface area contributed by atoms with Gasteiger partial charge in [0, 0.05) is 0 Å². The van der Waals surface area contributed by atoms with Crippen molar-refractivity contribution < 1.29 is 23.1 Å². The predicted octanol–water partition coefficient (Wildman–Crippen LogP) is 0.826. The third-order valence-electron chi connectivity index (χ3n) is 2.36. The molecule has 0 unspecified atom stereocenters. The maximum Gasteiger partial charge on any atom is 0.246 e. The van der Waals surface area contributed by atoms with Crippen LogP contribution < -0.4 is 5.32 Å². The molecule has 9 heteroatoms. The summed E-state index contributed by atoms with van der Waals surface area (Å²) in [6, 6.07) is 1.61. The molecule has 0 spiro atoms. The van der Waals surface area contributed by atoms with Crippen molar-refractivity contribution in [2.24, 2.45) is 0 Å². The van der Waals surface area contributed by atoms with Crippen LogP contribution in [0.25, 0.3) is 0 Å². The molecule has 2 aromatic rings. The number of carbonyl (C=O) groups is 1. The van der Waals surface area contributed by atoms with Crippen LogP contribution in [-0.4, -0.2) is 26.0 Å². The molecular weight excluding hydrogens is 277 g/mol. The van der Waals surface area contributed by atoms with Crippen molar-refractivity contribution >= 4 is 11.6 Å². The zero-order valence-electron chi connectivity index (χ0n) is 9.98. The first kappa shape index (κ1) is 14.0. The van der Waals surface area contributed by atoms with Crippen molar-refractivity contribution in [3.63, 3.8) is 0 Å². The van der Waals surface area contributed by atoms with Crippen molar-refractivity contribution in [3.05, 3.63) is 41.5 Å². The standard InChI is InChI=1S/C11H9F3N4O2/c12-7-1-2-8(11(14)10(7)13)15-9(20)4-18-3-6(5-19)16-17-18/h1-3,19H,4-5H2,(H,15,20). The van der Waals surface area contributed by atoms with E-state index in [2.05, 4.69) is 15.6 Å². The van der Waals surface area contributed by atoms with Gasteiger partial charge >= 0.3 is 0 Å². The molecule has 0 atom stereocenters. The summed E-state index contributed by atoms with van der Waals surface area (Å²) in [6.45, 7) is -0.648. The lowest BCUT2D eigenvalue weighted by Crippen LogP contribution is -2.20. The van der Waals surface area contributed by atoms with Gasteiger partial charge in [0.2, 0.25) is 5.91 Å². The van der Waals surface area contributed by atoms with Gasteiger partial charge in [0.05, 0.1) is 18.5 Å². The van der Waals surface area contributed by atoms with Gasteiger partial charge in [-0.25, -0.2) is 17.9 Å². The Labute approximate surface area is 110 Å². The van der Waals surface area contributed by atoms with Crippen LogP contribution in [0.15, 0.2) is 18.3 Å². The summed E-state index contributed by atoms with van der Waals surface area (Å²) in [6.07, 6.45) is 1.32. The highest BCUT2D eigenvalue weighted by atomic mass is 19.2. The number of nitrogens with zero attached hydrogens (tertiary/aromatic N) is 3. The summed E-state index contributed by atoms with van der Waals surface area (Å²) >= 11 is 0. The quantitative estimate of drug-likeness (QED) is 0.816. The molecule has 1 aromatic heterocycles. The minimum absolute atomic E-state index is 0.261. The Morgan fingerprint density at radius 3 is 2.70 bits per heavy atom. The Bertz CT molecular complexity index is 645. The van der Waals surface area contributed by atoms with Crippen molar-refractivity contribution in [2.45, 2.75) is 13.2 Å². The molecule has 20 heavy (non-hydrogen) atoms. The minimum Gasteiger partial charge on any atom is -0.390 e. The summed E-state index contributed by atoms with van der Waals surface area (Å²) in [5, 5.41) is 17.9. The van der Waals surface area contributed by atoms with Crippen molar-refractivity contribution in [2.75, 3.05) is 5.32 Å². The molecule has 1 aromatic carbocycles. The normalized spacial score (nSPS) is 10.6. The fourth-order valence-electron chi connectivity index (χ4n) is 1.45. The van der Waals surface area contributed by atoms with E-state index < -0.39 is 29.0 Å². The van der Waals surface area contributed by atoms with Crippen LogP contribution >= 0.6 is 0 Å². The molecule has 106 valence electrons. The Kier molecular flexibility index (Phi) is 3.99. The number of amides is 1. The second kappa shape index (κ2) is 5.70. The number of rotatable bonds is 4. The summed E-state index contributed by atoms with van der Waals surface area (Å²) in [4.78, 5) is 11.6. The molecular formula is C11H9F3N4O2. The van der Waals surface area contributed by atoms with Gasteiger partial charge in [0.1, 0.15) is 12.2 Å². The maximum atomic E-state index is 13.3. The molecule has 0 saturated carbocycles. The predicted molar refractivity (Wildman–Crippen MR) is 60.9 cm³/mol. The first-order valence-electron chi connectivity index (χ1n) is 5.44.